The van der Waals surface area contributed by atoms with Crippen molar-refractivity contribution in [3.8, 4) is 0 Å². The number of nitrogens with zero attached hydrogens (tertiary/aromatic N) is 2. The van der Waals surface area contributed by atoms with Crippen LogP contribution in [0.5, 0.6) is 0 Å². The Morgan fingerprint density at radius 2 is 2.10 bits per heavy atom. The van der Waals surface area contributed by atoms with Crippen LogP contribution < -0.4 is 5.32 Å². The average Bonchev–Trinajstić information content (AvgIpc) is 2.45. The molecule has 21 heavy (non-hydrogen) atoms. The third kappa shape index (κ3) is 5.47. The lowest BCUT2D eigenvalue weighted by Crippen LogP contribution is -2.33. The molecule has 0 spiro atoms. The van der Waals surface area contributed by atoms with Crippen LogP contribution in [0.1, 0.15) is 23.8 Å². The van der Waals surface area contributed by atoms with Crippen LogP contribution in [0.2, 0.25) is 0 Å². The Bertz CT molecular complexity index is 515. The first-order valence-corrected chi connectivity index (χ1v) is 6.31. The van der Waals surface area contributed by atoms with Crippen LogP contribution in [0.15, 0.2) is 18.3 Å². The van der Waals surface area contributed by atoms with Gasteiger partial charge in [-0.15, -0.1) is 0 Å². The number of anilines is 1. The van der Waals surface area contributed by atoms with E-state index in [2.05, 4.69) is 10.3 Å². The number of hydrogen-bond acceptors (Lipinski definition) is 5. The minimum atomic E-state index is -1.14. The molecule has 1 heterocycles. The zero-order valence-corrected chi connectivity index (χ0v) is 11.8. The molecule has 0 aliphatic carbocycles. The first kappa shape index (κ1) is 16.4. The van der Waals surface area contributed by atoms with E-state index < -0.39 is 12.0 Å². The number of carboxylic acids is 1. The Morgan fingerprint density at radius 3 is 2.62 bits per heavy atom. The van der Waals surface area contributed by atoms with E-state index in [1.54, 1.807) is 6.92 Å². The van der Waals surface area contributed by atoms with Gasteiger partial charge in [0.1, 0.15) is 5.69 Å². The molecule has 0 unspecified atom stereocenters. The maximum absolute atomic E-state index is 11.8. The monoisotopic (exact) mass is 295 g/mol. The zero-order valence-electron chi connectivity index (χ0n) is 11.8. The molecule has 2 amide bonds. The van der Waals surface area contributed by atoms with Crippen molar-refractivity contribution >= 4 is 23.7 Å². The quantitative estimate of drug-likeness (QED) is 0.763. The highest BCUT2D eigenvalue weighted by atomic mass is 16.5. The molecule has 1 aromatic rings. The summed E-state index contributed by atoms with van der Waals surface area (Å²) >= 11 is 0. The summed E-state index contributed by atoms with van der Waals surface area (Å²) in [6.07, 6.45) is 1.36. The van der Waals surface area contributed by atoms with E-state index >= 15 is 0 Å². The first-order valence-electron chi connectivity index (χ1n) is 6.31. The second-order valence-electron chi connectivity index (χ2n) is 4.14. The molecule has 0 atom stereocenters. The van der Waals surface area contributed by atoms with E-state index in [-0.39, 0.29) is 24.6 Å². The highest BCUT2D eigenvalue weighted by Crippen LogP contribution is 2.07. The van der Waals surface area contributed by atoms with Crippen molar-refractivity contribution in [1.29, 1.82) is 0 Å². The Balaban J connectivity index is 2.48. The molecule has 0 aromatic carbocycles. The molecule has 114 valence electrons. The van der Waals surface area contributed by atoms with E-state index in [9.17, 15) is 14.4 Å². The second kappa shape index (κ2) is 7.83. The fourth-order valence-electron chi connectivity index (χ4n) is 1.41. The lowest BCUT2D eigenvalue weighted by Gasteiger charge is -2.17. The van der Waals surface area contributed by atoms with Crippen molar-refractivity contribution in [1.82, 2.24) is 9.88 Å². The van der Waals surface area contributed by atoms with Crippen LogP contribution in [-0.2, 0) is 9.53 Å². The maximum Gasteiger partial charge on any atom is 0.354 e. The molecule has 1 rings (SSSR count). The van der Waals surface area contributed by atoms with Gasteiger partial charge in [0, 0.05) is 13.6 Å². The van der Waals surface area contributed by atoms with E-state index in [0.717, 1.165) is 0 Å². The third-order valence-electron chi connectivity index (χ3n) is 2.54. The van der Waals surface area contributed by atoms with Gasteiger partial charge in [0.2, 0.25) is 0 Å². The van der Waals surface area contributed by atoms with Crippen LogP contribution >= 0.6 is 0 Å². The molecular formula is C13H17N3O5. The number of amides is 2. The SMILES string of the molecule is CCOC(=O)CCN(C)C(=O)Nc1ccc(C(=O)O)nc1. The molecule has 0 radical (unpaired) electrons. The maximum atomic E-state index is 11.8. The fourth-order valence-corrected chi connectivity index (χ4v) is 1.41. The van der Waals surface area contributed by atoms with Gasteiger partial charge in [0.05, 0.1) is 24.9 Å². The number of carbonyl (C=O) groups excluding carboxylic acids is 2. The molecule has 0 saturated heterocycles. The van der Waals surface area contributed by atoms with Gasteiger partial charge in [-0.3, -0.25) is 4.79 Å². The van der Waals surface area contributed by atoms with Crippen molar-refractivity contribution in [3.63, 3.8) is 0 Å². The van der Waals surface area contributed by atoms with Gasteiger partial charge in [0.15, 0.2) is 0 Å². The van der Waals surface area contributed by atoms with Crippen LogP contribution in [-0.4, -0.2) is 53.2 Å². The van der Waals surface area contributed by atoms with Crippen molar-refractivity contribution in [2.75, 3.05) is 25.5 Å². The molecule has 0 bridgehead atoms. The minimum Gasteiger partial charge on any atom is -0.477 e. The van der Waals surface area contributed by atoms with Crippen LogP contribution in [0, 0.1) is 0 Å². The number of rotatable bonds is 6. The molecule has 8 nitrogen and oxygen atoms in total. The fraction of sp³-hybridized carbons (Fsp3) is 0.385. The zero-order chi connectivity index (χ0) is 15.8. The predicted octanol–water partition coefficient (Wildman–Crippen LogP) is 1.20. The number of urea groups is 1. The van der Waals surface area contributed by atoms with E-state index in [1.807, 2.05) is 0 Å². The Hall–Kier alpha value is -2.64. The Kier molecular flexibility index (Phi) is 6.12. The molecule has 0 saturated carbocycles. The first-order chi connectivity index (χ1) is 9.93. The summed E-state index contributed by atoms with van der Waals surface area (Å²) in [7, 11) is 1.54. The highest BCUT2D eigenvalue weighted by Gasteiger charge is 2.12. The largest absolute Gasteiger partial charge is 0.477 e. The summed E-state index contributed by atoms with van der Waals surface area (Å²) in [4.78, 5) is 38.7. The van der Waals surface area contributed by atoms with Crippen molar-refractivity contribution < 1.29 is 24.2 Å². The van der Waals surface area contributed by atoms with E-state index in [0.29, 0.717) is 12.3 Å². The molecule has 1 aromatic heterocycles. The van der Waals surface area contributed by atoms with E-state index in [1.165, 1.54) is 30.3 Å². The summed E-state index contributed by atoms with van der Waals surface area (Å²) < 4.78 is 4.76. The number of carbonyl (C=O) groups is 3. The number of pyridine rings is 1. The number of aromatic nitrogens is 1. The number of carboxylic acid groups (broad SMARTS) is 1. The normalized spacial score (nSPS) is 9.81. The molecule has 8 heteroatoms. The topological polar surface area (TPSA) is 109 Å². The Morgan fingerprint density at radius 1 is 1.38 bits per heavy atom. The predicted molar refractivity (Wildman–Crippen MR) is 74.1 cm³/mol. The lowest BCUT2D eigenvalue weighted by molar-refractivity contribution is -0.143. The van der Waals surface area contributed by atoms with Gasteiger partial charge in [0.25, 0.3) is 0 Å². The lowest BCUT2D eigenvalue weighted by atomic mass is 10.3. The van der Waals surface area contributed by atoms with Gasteiger partial charge in [-0.05, 0) is 19.1 Å². The summed E-state index contributed by atoms with van der Waals surface area (Å²) in [6, 6.07) is 2.30. The summed E-state index contributed by atoms with van der Waals surface area (Å²) in [5.41, 5.74) is 0.261. The molecule has 2 N–H and O–H groups in total. The van der Waals surface area contributed by atoms with E-state index in [4.69, 9.17) is 9.84 Å². The van der Waals surface area contributed by atoms with Gasteiger partial charge in [-0.1, -0.05) is 0 Å². The smallest absolute Gasteiger partial charge is 0.354 e. The summed E-state index contributed by atoms with van der Waals surface area (Å²) in [5, 5.41) is 11.3. The van der Waals surface area contributed by atoms with Gasteiger partial charge >= 0.3 is 18.0 Å². The van der Waals surface area contributed by atoms with Crippen molar-refractivity contribution in [2.24, 2.45) is 0 Å². The number of aromatic carboxylic acids is 1. The standard InChI is InChI=1S/C13H17N3O5/c1-3-21-11(17)6-7-16(2)13(20)15-9-4-5-10(12(18)19)14-8-9/h4-5,8H,3,6-7H2,1-2H3,(H,15,20)(H,18,19). The number of ether oxygens (including phenoxy) is 1. The molecule has 0 aliphatic rings. The Labute approximate surface area is 121 Å². The average molecular weight is 295 g/mol. The molecular weight excluding hydrogens is 278 g/mol. The third-order valence-corrected chi connectivity index (χ3v) is 2.54. The summed E-state index contributed by atoms with van der Waals surface area (Å²) in [6.45, 7) is 2.23. The molecule has 0 aliphatic heterocycles. The van der Waals surface area contributed by atoms with Crippen LogP contribution in [0.4, 0.5) is 10.5 Å². The summed E-state index contributed by atoms with van der Waals surface area (Å²) in [5.74, 6) is -1.51. The highest BCUT2D eigenvalue weighted by molar-refractivity contribution is 5.90. The van der Waals surface area contributed by atoms with Crippen LogP contribution in [0.25, 0.3) is 0 Å². The number of nitrogens with one attached hydrogen (secondary N) is 1. The minimum absolute atomic E-state index is 0.105. The second-order valence-corrected chi connectivity index (χ2v) is 4.14. The van der Waals surface area contributed by atoms with Gasteiger partial charge < -0.3 is 20.1 Å². The molecule has 0 fully saturated rings. The van der Waals surface area contributed by atoms with Crippen molar-refractivity contribution in [2.45, 2.75) is 13.3 Å². The number of esters is 1. The van der Waals surface area contributed by atoms with Crippen molar-refractivity contribution in [3.05, 3.63) is 24.0 Å². The van der Waals surface area contributed by atoms with Gasteiger partial charge in [-0.2, -0.15) is 0 Å². The van der Waals surface area contributed by atoms with Gasteiger partial charge in [-0.25, -0.2) is 14.6 Å². The van der Waals surface area contributed by atoms with Crippen LogP contribution in [0.3, 0.4) is 0 Å². The number of hydrogen-bond donors (Lipinski definition) is 2.